The van der Waals surface area contributed by atoms with Crippen molar-refractivity contribution in [1.82, 2.24) is 9.97 Å². The van der Waals surface area contributed by atoms with E-state index >= 15 is 0 Å². The zero-order chi connectivity index (χ0) is 17.9. The second-order valence-electron chi connectivity index (χ2n) is 5.86. The number of aromatic nitrogens is 2. The van der Waals surface area contributed by atoms with E-state index in [0.717, 1.165) is 22.8 Å². The Morgan fingerprint density at radius 2 is 1.88 bits per heavy atom. The monoisotopic (exact) mass is 352 g/mol. The molecule has 0 saturated carbocycles. The minimum absolute atomic E-state index is 0.248. The van der Waals surface area contributed by atoms with E-state index in [1.165, 1.54) is 6.07 Å². The fourth-order valence-electron chi connectivity index (χ4n) is 2.64. The molecular weight excluding hydrogens is 335 g/mol. The maximum atomic E-state index is 13.8. The number of halogens is 1. The highest BCUT2D eigenvalue weighted by atomic mass is 19.1. The Balaban J connectivity index is 1.48. The van der Waals surface area contributed by atoms with Crippen LogP contribution in [0.25, 0.3) is 0 Å². The van der Waals surface area contributed by atoms with Crippen molar-refractivity contribution in [3.05, 3.63) is 65.6 Å². The first-order valence-corrected chi connectivity index (χ1v) is 8.17. The summed E-state index contributed by atoms with van der Waals surface area (Å²) < 4.78 is 24.5. The SMILES string of the molecule is Cc1cc(Nc2ccccc2F)nc(NCc2ccc3c(c2)OCO3)n1. The summed E-state index contributed by atoms with van der Waals surface area (Å²) in [6.07, 6.45) is 0. The second kappa shape index (κ2) is 6.87. The van der Waals surface area contributed by atoms with Gasteiger partial charge in [0.1, 0.15) is 11.6 Å². The minimum Gasteiger partial charge on any atom is -0.454 e. The van der Waals surface area contributed by atoms with E-state index in [9.17, 15) is 4.39 Å². The molecule has 0 spiro atoms. The van der Waals surface area contributed by atoms with Crippen molar-refractivity contribution < 1.29 is 13.9 Å². The Morgan fingerprint density at radius 3 is 2.77 bits per heavy atom. The quantitative estimate of drug-likeness (QED) is 0.723. The number of aryl methyl sites for hydroxylation is 1. The predicted molar refractivity (Wildman–Crippen MR) is 96.3 cm³/mol. The van der Waals surface area contributed by atoms with Gasteiger partial charge in [-0.05, 0) is 36.8 Å². The molecule has 0 atom stereocenters. The van der Waals surface area contributed by atoms with Crippen LogP contribution in [0.15, 0.2) is 48.5 Å². The molecule has 2 heterocycles. The highest BCUT2D eigenvalue weighted by Crippen LogP contribution is 2.32. The van der Waals surface area contributed by atoms with Crippen LogP contribution >= 0.6 is 0 Å². The van der Waals surface area contributed by atoms with E-state index in [1.807, 2.05) is 25.1 Å². The number of benzene rings is 2. The first-order chi connectivity index (χ1) is 12.7. The number of ether oxygens (including phenoxy) is 2. The van der Waals surface area contributed by atoms with Gasteiger partial charge in [0, 0.05) is 18.3 Å². The van der Waals surface area contributed by atoms with E-state index in [1.54, 1.807) is 24.3 Å². The summed E-state index contributed by atoms with van der Waals surface area (Å²) in [4.78, 5) is 8.78. The molecule has 2 aromatic carbocycles. The molecule has 7 heteroatoms. The molecule has 3 aromatic rings. The first-order valence-electron chi connectivity index (χ1n) is 8.17. The Hall–Kier alpha value is -3.35. The average Bonchev–Trinajstić information content (AvgIpc) is 3.09. The third-order valence-corrected chi connectivity index (χ3v) is 3.88. The van der Waals surface area contributed by atoms with Gasteiger partial charge in [-0.3, -0.25) is 0 Å². The fraction of sp³-hybridized carbons (Fsp3) is 0.158. The van der Waals surface area contributed by atoms with E-state index in [-0.39, 0.29) is 12.6 Å². The molecule has 6 nitrogen and oxygen atoms in total. The smallest absolute Gasteiger partial charge is 0.231 e. The number of anilines is 3. The van der Waals surface area contributed by atoms with Gasteiger partial charge < -0.3 is 20.1 Å². The molecule has 2 N–H and O–H groups in total. The standard InChI is InChI=1S/C19H17FN4O2/c1-12-8-18(23-15-5-3-2-4-14(15)20)24-19(22-12)21-10-13-6-7-16-17(9-13)26-11-25-16/h2-9H,10-11H2,1H3,(H2,21,22,23,24). The van der Waals surface area contributed by atoms with Crippen molar-refractivity contribution in [2.24, 2.45) is 0 Å². The average molecular weight is 352 g/mol. The fourth-order valence-corrected chi connectivity index (χ4v) is 2.64. The maximum absolute atomic E-state index is 13.8. The molecule has 1 aliphatic rings. The molecule has 132 valence electrons. The molecule has 0 unspecified atom stereocenters. The van der Waals surface area contributed by atoms with Crippen molar-refractivity contribution in [3.63, 3.8) is 0 Å². The third kappa shape index (κ3) is 3.51. The largest absolute Gasteiger partial charge is 0.454 e. The normalized spacial score (nSPS) is 12.1. The van der Waals surface area contributed by atoms with Crippen LogP contribution in [0, 0.1) is 12.7 Å². The number of hydrogen-bond acceptors (Lipinski definition) is 6. The Kier molecular flexibility index (Phi) is 4.27. The molecule has 1 aromatic heterocycles. The lowest BCUT2D eigenvalue weighted by Gasteiger charge is -2.11. The van der Waals surface area contributed by atoms with Gasteiger partial charge >= 0.3 is 0 Å². The number of para-hydroxylation sites is 1. The van der Waals surface area contributed by atoms with Crippen LogP contribution in [0.1, 0.15) is 11.3 Å². The summed E-state index contributed by atoms with van der Waals surface area (Å²) in [6, 6.07) is 14.0. The van der Waals surface area contributed by atoms with Crippen molar-refractivity contribution in [2.45, 2.75) is 13.5 Å². The van der Waals surface area contributed by atoms with Crippen LogP contribution in [0.5, 0.6) is 11.5 Å². The van der Waals surface area contributed by atoms with Crippen LogP contribution in [0.3, 0.4) is 0 Å². The van der Waals surface area contributed by atoms with Crippen LogP contribution in [0.4, 0.5) is 21.8 Å². The lowest BCUT2D eigenvalue weighted by molar-refractivity contribution is 0.174. The van der Waals surface area contributed by atoms with E-state index in [4.69, 9.17) is 9.47 Å². The predicted octanol–water partition coefficient (Wildman–Crippen LogP) is 4.01. The molecule has 0 aliphatic carbocycles. The summed E-state index contributed by atoms with van der Waals surface area (Å²) in [5.74, 6) is 2.13. The maximum Gasteiger partial charge on any atom is 0.231 e. The van der Waals surface area contributed by atoms with Crippen molar-refractivity contribution in [2.75, 3.05) is 17.4 Å². The molecule has 1 aliphatic heterocycles. The molecule has 0 bridgehead atoms. The third-order valence-electron chi connectivity index (χ3n) is 3.88. The van der Waals surface area contributed by atoms with Gasteiger partial charge in [-0.25, -0.2) is 9.37 Å². The van der Waals surface area contributed by atoms with Crippen LogP contribution in [-0.2, 0) is 6.54 Å². The van der Waals surface area contributed by atoms with Gasteiger partial charge in [0.05, 0.1) is 5.69 Å². The first kappa shape index (κ1) is 16.1. The number of nitrogens with zero attached hydrogens (tertiary/aromatic N) is 2. The van der Waals surface area contributed by atoms with Gasteiger partial charge in [-0.2, -0.15) is 4.98 Å². The summed E-state index contributed by atoms with van der Waals surface area (Å²) in [5.41, 5.74) is 2.15. The summed E-state index contributed by atoms with van der Waals surface area (Å²) >= 11 is 0. The molecule has 0 amide bonds. The van der Waals surface area contributed by atoms with Gasteiger partial charge in [-0.15, -0.1) is 0 Å². The molecule has 26 heavy (non-hydrogen) atoms. The number of hydrogen-bond donors (Lipinski definition) is 2. The number of rotatable bonds is 5. The summed E-state index contributed by atoms with van der Waals surface area (Å²) in [7, 11) is 0. The highest BCUT2D eigenvalue weighted by Gasteiger charge is 2.13. The Bertz CT molecular complexity index is 949. The Morgan fingerprint density at radius 1 is 1.04 bits per heavy atom. The van der Waals surface area contributed by atoms with E-state index in [2.05, 4.69) is 20.6 Å². The highest BCUT2D eigenvalue weighted by molar-refractivity contribution is 5.58. The minimum atomic E-state index is -0.335. The molecule has 0 saturated heterocycles. The van der Waals surface area contributed by atoms with Crippen molar-refractivity contribution in [1.29, 1.82) is 0 Å². The van der Waals surface area contributed by atoms with Crippen LogP contribution in [0.2, 0.25) is 0 Å². The topological polar surface area (TPSA) is 68.3 Å². The van der Waals surface area contributed by atoms with Gasteiger partial charge in [-0.1, -0.05) is 18.2 Å². The Labute approximate surface area is 150 Å². The van der Waals surface area contributed by atoms with Crippen LogP contribution in [-0.4, -0.2) is 16.8 Å². The second-order valence-corrected chi connectivity index (χ2v) is 5.86. The zero-order valence-corrected chi connectivity index (χ0v) is 14.1. The summed E-state index contributed by atoms with van der Waals surface area (Å²) in [5, 5.41) is 6.16. The molecule has 4 rings (SSSR count). The molecule has 0 fully saturated rings. The summed E-state index contributed by atoms with van der Waals surface area (Å²) in [6.45, 7) is 2.64. The lowest BCUT2D eigenvalue weighted by atomic mass is 10.2. The van der Waals surface area contributed by atoms with Crippen molar-refractivity contribution in [3.8, 4) is 11.5 Å². The molecule has 0 radical (unpaired) electrons. The zero-order valence-electron chi connectivity index (χ0n) is 14.1. The van der Waals surface area contributed by atoms with Crippen molar-refractivity contribution >= 4 is 17.5 Å². The van der Waals surface area contributed by atoms with E-state index < -0.39 is 0 Å². The van der Waals surface area contributed by atoms with Crippen LogP contribution < -0.4 is 20.1 Å². The van der Waals surface area contributed by atoms with E-state index in [0.29, 0.717) is 24.0 Å². The lowest BCUT2D eigenvalue weighted by Crippen LogP contribution is -2.06. The molecular formula is C19H17FN4O2. The van der Waals surface area contributed by atoms with Gasteiger partial charge in [0.15, 0.2) is 11.5 Å². The number of fused-ring (bicyclic) bond motifs is 1. The van der Waals surface area contributed by atoms with Gasteiger partial charge in [0.25, 0.3) is 0 Å². The van der Waals surface area contributed by atoms with Gasteiger partial charge in [0.2, 0.25) is 12.7 Å². The number of nitrogens with one attached hydrogen (secondary N) is 2.